The van der Waals surface area contributed by atoms with E-state index in [1.54, 1.807) is 0 Å². The number of anilines is 3. The third-order valence-corrected chi connectivity index (χ3v) is 13.6. The fourth-order valence-corrected chi connectivity index (χ4v) is 10.4. The summed E-state index contributed by atoms with van der Waals surface area (Å²) in [7, 11) is 0. The Morgan fingerprint density at radius 2 is 1.03 bits per heavy atom. The second-order valence-electron chi connectivity index (χ2n) is 19.0. The van der Waals surface area contributed by atoms with Gasteiger partial charge in [-0.1, -0.05) is 170 Å². The quantitative estimate of drug-likeness (QED) is 0.173. The van der Waals surface area contributed by atoms with Crippen molar-refractivity contribution in [1.29, 1.82) is 0 Å². The summed E-state index contributed by atoms with van der Waals surface area (Å²) in [4.78, 5) is 2.46. The third-order valence-electron chi connectivity index (χ3n) is 13.6. The van der Waals surface area contributed by atoms with Gasteiger partial charge in [-0.05, 0) is 126 Å². The van der Waals surface area contributed by atoms with E-state index in [1.807, 2.05) is 6.07 Å². The predicted molar refractivity (Wildman–Crippen MR) is 253 cm³/mol. The fourth-order valence-electron chi connectivity index (χ4n) is 10.4. The Kier molecular flexibility index (Phi) is 7.85. The van der Waals surface area contributed by atoms with Crippen LogP contribution >= 0.6 is 0 Å². The molecule has 0 saturated heterocycles. The molecule has 0 atom stereocenters. The van der Waals surface area contributed by atoms with E-state index >= 15 is 0 Å². The van der Waals surface area contributed by atoms with Gasteiger partial charge in [0.05, 0.1) is 5.69 Å². The smallest absolute Gasteiger partial charge is 0.136 e. The van der Waals surface area contributed by atoms with Crippen LogP contribution in [0.3, 0.4) is 0 Å². The first-order valence-corrected chi connectivity index (χ1v) is 21.3. The molecule has 60 heavy (non-hydrogen) atoms. The number of rotatable bonds is 5. The van der Waals surface area contributed by atoms with Crippen molar-refractivity contribution >= 4 is 39.0 Å². The van der Waals surface area contributed by atoms with Crippen molar-refractivity contribution in [2.24, 2.45) is 0 Å². The SMILES string of the molecule is CC(C)(C)c1ccc2c(c1)C(C)(C)c1ccc(-c3ccc(N(c4ccc(-c5cccc6oc7ccccc7c56)cc4)c4cccc5c4C(C)(C)c4ccccc4-5)cc3)cc1-2. The Balaban J connectivity index is 1.02. The van der Waals surface area contributed by atoms with Crippen molar-refractivity contribution in [3.63, 3.8) is 0 Å². The lowest BCUT2D eigenvalue weighted by atomic mass is 9.79. The Hall–Kier alpha value is -6.64. The van der Waals surface area contributed by atoms with Crippen molar-refractivity contribution in [2.45, 2.75) is 64.7 Å². The standard InChI is InChI=1S/C58H49NO/c1-56(2,3)39-27-32-44-47-34-38(26-33-49(47)57(4,5)50(44)35-39)36-22-28-40(29-23-36)59(51-19-12-17-45-43-14-8-10-18-48(43)58(6,7)55(45)51)41-30-24-37(25-31-41)42-16-13-21-53-54(42)46-15-9-11-20-52(46)60-53/h8-35H,1-7H3. The molecular formula is C58H49NO. The third kappa shape index (κ3) is 5.40. The van der Waals surface area contributed by atoms with Crippen molar-refractivity contribution in [3.8, 4) is 44.5 Å². The summed E-state index contributed by atoms with van der Waals surface area (Å²) in [6.45, 7) is 16.4. The maximum absolute atomic E-state index is 6.28. The van der Waals surface area contributed by atoms with Gasteiger partial charge in [0, 0.05) is 33.0 Å². The molecule has 11 rings (SSSR count). The van der Waals surface area contributed by atoms with Crippen LogP contribution in [0.15, 0.2) is 174 Å². The molecule has 0 N–H and O–H groups in total. The van der Waals surface area contributed by atoms with Gasteiger partial charge in [-0.2, -0.15) is 0 Å². The minimum Gasteiger partial charge on any atom is -0.456 e. The molecule has 1 aromatic heterocycles. The number of furan rings is 1. The summed E-state index contributed by atoms with van der Waals surface area (Å²) in [5.74, 6) is 0. The molecule has 292 valence electrons. The van der Waals surface area contributed by atoms with Crippen LogP contribution in [-0.2, 0) is 16.2 Å². The maximum Gasteiger partial charge on any atom is 0.136 e. The van der Waals surface area contributed by atoms with Crippen LogP contribution in [0.1, 0.15) is 76.3 Å². The van der Waals surface area contributed by atoms with Crippen molar-refractivity contribution < 1.29 is 4.42 Å². The van der Waals surface area contributed by atoms with E-state index in [0.717, 1.165) is 38.9 Å². The zero-order valence-corrected chi connectivity index (χ0v) is 35.5. The van der Waals surface area contributed by atoms with E-state index in [9.17, 15) is 0 Å². The van der Waals surface area contributed by atoms with Gasteiger partial charge >= 0.3 is 0 Å². The largest absolute Gasteiger partial charge is 0.456 e. The monoisotopic (exact) mass is 775 g/mol. The zero-order valence-electron chi connectivity index (χ0n) is 35.5. The lowest BCUT2D eigenvalue weighted by molar-refractivity contribution is 0.584. The number of hydrogen-bond donors (Lipinski definition) is 0. The van der Waals surface area contributed by atoms with Gasteiger partial charge in [0.1, 0.15) is 11.2 Å². The Morgan fingerprint density at radius 1 is 0.433 bits per heavy atom. The Labute approximate surface area is 353 Å². The van der Waals surface area contributed by atoms with Crippen molar-refractivity contribution in [1.82, 2.24) is 0 Å². The highest BCUT2D eigenvalue weighted by atomic mass is 16.3. The number of fused-ring (bicyclic) bond motifs is 9. The van der Waals surface area contributed by atoms with Crippen molar-refractivity contribution in [2.75, 3.05) is 4.90 Å². The minimum absolute atomic E-state index is 0.0490. The number of benzene rings is 8. The van der Waals surface area contributed by atoms with E-state index in [1.165, 1.54) is 72.4 Å². The fraction of sp³-hybridized carbons (Fsp3) is 0.172. The van der Waals surface area contributed by atoms with Crippen LogP contribution in [0.4, 0.5) is 17.1 Å². The topological polar surface area (TPSA) is 16.4 Å². The van der Waals surface area contributed by atoms with Gasteiger partial charge in [0.25, 0.3) is 0 Å². The van der Waals surface area contributed by atoms with E-state index in [-0.39, 0.29) is 16.2 Å². The van der Waals surface area contributed by atoms with Crippen LogP contribution in [0.2, 0.25) is 0 Å². The Bertz CT molecular complexity index is 3170. The number of hydrogen-bond acceptors (Lipinski definition) is 2. The normalized spacial score (nSPS) is 14.5. The highest BCUT2D eigenvalue weighted by molar-refractivity contribution is 6.12. The van der Waals surface area contributed by atoms with Crippen LogP contribution in [-0.4, -0.2) is 0 Å². The molecule has 0 aliphatic heterocycles. The van der Waals surface area contributed by atoms with Gasteiger partial charge in [0.15, 0.2) is 0 Å². The second kappa shape index (κ2) is 12.9. The van der Waals surface area contributed by atoms with Gasteiger partial charge in [0.2, 0.25) is 0 Å². The predicted octanol–water partition coefficient (Wildman–Crippen LogP) is 16.3. The summed E-state index contributed by atoms with van der Waals surface area (Å²) < 4.78 is 6.28. The average molecular weight is 776 g/mol. The summed E-state index contributed by atoms with van der Waals surface area (Å²) in [6.07, 6.45) is 0. The molecule has 0 bridgehead atoms. The van der Waals surface area contributed by atoms with Crippen molar-refractivity contribution in [3.05, 3.63) is 198 Å². The van der Waals surface area contributed by atoms with Crippen LogP contribution in [0, 0.1) is 0 Å². The number of para-hydroxylation sites is 1. The first kappa shape index (κ1) is 36.4. The van der Waals surface area contributed by atoms with E-state index < -0.39 is 0 Å². The average Bonchev–Trinajstić information content (AvgIpc) is 3.84. The molecule has 2 aliphatic rings. The van der Waals surface area contributed by atoms with Gasteiger partial charge < -0.3 is 9.32 Å². The van der Waals surface area contributed by atoms with E-state index in [0.29, 0.717) is 0 Å². The summed E-state index contributed by atoms with van der Waals surface area (Å²) in [5, 5.41) is 2.29. The molecule has 8 aromatic carbocycles. The molecule has 0 saturated carbocycles. The Morgan fingerprint density at radius 3 is 1.80 bits per heavy atom. The molecule has 0 fully saturated rings. The minimum atomic E-state index is -0.180. The molecule has 2 aliphatic carbocycles. The molecule has 2 heteroatoms. The first-order valence-electron chi connectivity index (χ1n) is 21.3. The number of nitrogens with zero attached hydrogens (tertiary/aromatic N) is 1. The van der Waals surface area contributed by atoms with E-state index in [2.05, 4.69) is 217 Å². The van der Waals surface area contributed by atoms with Crippen LogP contribution < -0.4 is 4.90 Å². The van der Waals surface area contributed by atoms with Gasteiger partial charge in [-0.15, -0.1) is 0 Å². The van der Waals surface area contributed by atoms with Crippen LogP contribution in [0.5, 0.6) is 0 Å². The molecule has 2 nitrogen and oxygen atoms in total. The first-order chi connectivity index (χ1) is 28.9. The molecule has 1 heterocycles. The zero-order chi connectivity index (χ0) is 41.1. The van der Waals surface area contributed by atoms with Gasteiger partial charge in [-0.25, -0.2) is 0 Å². The lowest BCUT2D eigenvalue weighted by Crippen LogP contribution is -2.20. The molecule has 9 aromatic rings. The summed E-state index contributed by atoms with van der Waals surface area (Å²) in [6, 6.07) is 63.0. The highest BCUT2D eigenvalue weighted by Gasteiger charge is 2.39. The molecule has 0 radical (unpaired) electrons. The summed E-state index contributed by atoms with van der Waals surface area (Å²) in [5.41, 5.74) is 22.2. The molecule has 0 amide bonds. The molecule has 0 unspecified atom stereocenters. The lowest BCUT2D eigenvalue weighted by Gasteiger charge is -2.32. The van der Waals surface area contributed by atoms with Gasteiger partial charge in [-0.3, -0.25) is 0 Å². The highest BCUT2D eigenvalue weighted by Crippen LogP contribution is 2.55. The molecule has 0 spiro atoms. The maximum atomic E-state index is 6.28. The van der Waals surface area contributed by atoms with E-state index in [4.69, 9.17) is 4.42 Å². The second-order valence-corrected chi connectivity index (χ2v) is 19.0. The molecular weight excluding hydrogens is 727 g/mol. The van der Waals surface area contributed by atoms with Crippen LogP contribution in [0.25, 0.3) is 66.4 Å². The summed E-state index contributed by atoms with van der Waals surface area (Å²) >= 11 is 0.